The molecular weight excluding hydrogens is 658 g/mol. The van der Waals surface area contributed by atoms with Crippen LogP contribution < -0.4 is 5.32 Å². The van der Waals surface area contributed by atoms with E-state index in [1.807, 2.05) is 58.0 Å². The molecule has 0 aromatic heterocycles. The SMILES string of the molecule is CC[C@@H](CO)N1C(=O)[C@@H]2[C@H]3C(=O)O[C@@H](c4ccccc4)[C@H](COC)NC(=O)CC/C=C\CN(C(C)(C)C)C(=O)[C@@H]1[C@]21C=C(Br)[C@H]3O1. The Balaban J connectivity index is 1.66. The minimum atomic E-state index is -1.46. The van der Waals surface area contributed by atoms with E-state index in [0.29, 0.717) is 22.9 Å². The van der Waals surface area contributed by atoms with Gasteiger partial charge in [0.15, 0.2) is 0 Å². The average molecular weight is 703 g/mol. The molecule has 12 heteroatoms. The molecule has 11 nitrogen and oxygen atoms in total. The maximum absolute atomic E-state index is 14.8. The number of methoxy groups -OCH3 is 1. The summed E-state index contributed by atoms with van der Waals surface area (Å²) in [5.41, 5.74) is -1.48. The number of halogens is 1. The number of likely N-dealkylation sites (tertiary alicyclic amines) is 1. The van der Waals surface area contributed by atoms with Crippen molar-refractivity contribution in [3.63, 3.8) is 0 Å². The van der Waals surface area contributed by atoms with Gasteiger partial charge in [-0.1, -0.05) is 65.3 Å². The Hall–Kier alpha value is -3.06. The lowest BCUT2D eigenvalue weighted by molar-refractivity contribution is -0.163. The largest absolute Gasteiger partial charge is 0.455 e. The number of hydrogen-bond donors (Lipinski definition) is 2. The van der Waals surface area contributed by atoms with Gasteiger partial charge in [0.1, 0.15) is 29.8 Å². The number of amides is 3. The van der Waals surface area contributed by atoms with E-state index >= 15 is 0 Å². The smallest absolute Gasteiger partial charge is 0.313 e. The molecule has 46 heavy (non-hydrogen) atoms. The minimum absolute atomic E-state index is 0.0640. The quantitative estimate of drug-likeness (QED) is 0.342. The molecule has 1 aromatic carbocycles. The number of aliphatic hydroxyl groups is 1. The van der Waals surface area contributed by atoms with Crippen molar-refractivity contribution in [1.82, 2.24) is 15.1 Å². The van der Waals surface area contributed by atoms with Crippen LogP contribution in [-0.4, -0.2) is 101 Å². The number of cyclic esters (lactones) is 1. The Morgan fingerprint density at radius 2 is 1.83 bits per heavy atom. The van der Waals surface area contributed by atoms with Crippen molar-refractivity contribution in [3.05, 3.63) is 58.6 Å². The lowest BCUT2D eigenvalue weighted by atomic mass is 9.74. The van der Waals surface area contributed by atoms with Gasteiger partial charge >= 0.3 is 5.97 Å². The predicted octanol–water partition coefficient (Wildman–Crippen LogP) is 3.02. The van der Waals surface area contributed by atoms with E-state index in [0.717, 1.165) is 0 Å². The molecule has 0 unspecified atom stereocenters. The van der Waals surface area contributed by atoms with E-state index in [1.54, 1.807) is 23.1 Å². The van der Waals surface area contributed by atoms with Crippen LogP contribution in [0.4, 0.5) is 0 Å². The molecule has 3 amide bonds. The lowest BCUT2D eigenvalue weighted by Crippen LogP contribution is -2.61. The number of carbonyl (C=O) groups excluding carboxylic acids is 4. The zero-order valence-corrected chi connectivity index (χ0v) is 28.6. The molecule has 4 aliphatic rings. The number of esters is 1. The zero-order valence-electron chi connectivity index (χ0n) is 27.0. The van der Waals surface area contributed by atoms with Gasteiger partial charge in [0.2, 0.25) is 17.7 Å². The van der Waals surface area contributed by atoms with Gasteiger partial charge in [-0.2, -0.15) is 0 Å². The number of allylic oxidation sites excluding steroid dienone is 1. The van der Waals surface area contributed by atoms with Crippen LogP contribution in [0.2, 0.25) is 0 Å². The number of ether oxygens (including phenoxy) is 3. The van der Waals surface area contributed by atoms with Crippen molar-refractivity contribution in [2.45, 2.75) is 88.4 Å². The maximum atomic E-state index is 14.8. The number of aliphatic hydroxyl groups excluding tert-OH is 1. The summed E-state index contributed by atoms with van der Waals surface area (Å²) in [6.07, 6.45) is 4.64. The fourth-order valence-electron chi connectivity index (χ4n) is 7.26. The molecule has 5 bridgehead atoms. The van der Waals surface area contributed by atoms with E-state index in [-0.39, 0.29) is 38.0 Å². The molecule has 1 spiro atoms. The molecule has 8 atom stereocenters. The fourth-order valence-corrected chi connectivity index (χ4v) is 8.00. The minimum Gasteiger partial charge on any atom is -0.455 e. The number of benzene rings is 1. The van der Waals surface area contributed by atoms with Gasteiger partial charge in [-0.3, -0.25) is 19.2 Å². The first kappa shape index (κ1) is 34.3. The van der Waals surface area contributed by atoms with Crippen molar-refractivity contribution < 1.29 is 38.5 Å². The molecule has 2 N–H and O–H groups in total. The topological polar surface area (TPSA) is 135 Å². The van der Waals surface area contributed by atoms with Gasteiger partial charge in [-0.25, -0.2) is 0 Å². The molecule has 0 saturated carbocycles. The third-order valence-electron chi connectivity index (χ3n) is 9.44. The van der Waals surface area contributed by atoms with Gasteiger partial charge in [0, 0.05) is 30.1 Å². The highest BCUT2D eigenvalue weighted by Crippen LogP contribution is 2.59. The molecule has 250 valence electrons. The summed E-state index contributed by atoms with van der Waals surface area (Å²) in [5, 5.41) is 13.4. The molecule has 2 saturated heterocycles. The summed E-state index contributed by atoms with van der Waals surface area (Å²) in [6, 6.07) is 6.54. The van der Waals surface area contributed by atoms with Crippen LogP contribution in [0.1, 0.15) is 58.6 Å². The number of hydrogen-bond acceptors (Lipinski definition) is 8. The molecule has 4 aliphatic heterocycles. The monoisotopic (exact) mass is 701 g/mol. The van der Waals surface area contributed by atoms with E-state index in [4.69, 9.17) is 14.2 Å². The van der Waals surface area contributed by atoms with Crippen LogP contribution in [0.25, 0.3) is 0 Å². The Morgan fingerprint density at radius 3 is 2.46 bits per heavy atom. The number of nitrogens with one attached hydrogen (secondary N) is 1. The van der Waals surface area contributed by atoms with Crippen LogP contribution in [0.3, 0.4) is 0 Å². The highest BCUT2D eigenvalue weighted by Gasteiger charge is 2.75. The van der Waals surface area contributed by atoms with Gasteiger partial charge in [0.25, 0.3) is 0 Å². The van der Waals surface area contributed by atoms with Crippen LogP contribution in [0, 0.1) is 11.8 Å². The average Bonchev–Trinajstić information content (AvgIpc) is 3.60. The molecule has 2 fully saturated rings. The standard InChI is InChI=1S/C34H44BrN3O8/c1-6-21(18-39)38-29-31(42)37(33(2,3)4)16-12-8-11-15-24(40)36-23(19-44-5)27(20-13-9-7-10-14-20)45-32(43)25-26(30(38)41)34(29)17-22(35)28(25)46-34/h7-10,12-14,17,21,23,25-29,39H,6,11,15-16,18-19H2,1-5H3,(H,36,40)/b12-8-/t21-,23-,25+,26-,27-,28+,29+,34-/m0/s1. The van der Waals surface area contributed by atoms with Crippen LogP contribution in [-0.2, 0) is 33.4 Å². The first-order valence-corrected chi connectivity index (χ1v) is 16.7. The van der Waals surface area contributed by atoms with Crippen LogP contribution in [0.5, 0.6) is 0 Å². The van der Waals surface area contributed by atoms with E-state index in [1.165, 1.54) is 12.0 Å². The van der Waals surface area contributed by atoms with E-state index < -0.39 is 65.2 Å². The summed E-state index contributed by atoms with van der Waals surface area (Å²) in [7, 11) is 1.51. The first-order valence-electron chi connectivity index (χ1n) is 15.9. The second-order valence-corrected chi connectivity index (χ2v) is 14.3. The Morgan fingerprint density at radius 1 is 1.11 bits per heavy atom. The molecular formula is C34H44BrN3O8. The molecule has 0 radical (unpaired) electrons. The summed E-state index contributed by atoms with van der Waals surface area (Å²) >= 11 is 3.58. The Labute approximate surface area is 278 Å². The maximum Gasteiger partial charge on any atom is 0.313 e. The molecule has 5 rings (SSSR count). The van der Waals surface area contributed by atoms with Crippen molar-refractivity contribution in [2.24, 2.45) is 11.8 Å². The van der Waals surface area contributed by atoms with Gasteiger partial charge < -0.3 is 34.4 Å². The van der Waals surface area contributed by atoms with Crippen LogP contribution in [0.15, 0.2) is 53.0 Å². The molecule has 0 aliphatic carbocycles. The summed E-state index contributed by atoms with van der Waals surface area (Å²) < 4.78 is 18.9. The lowest BCUT2D eigenvalue weighted by Gasteiger charge is -2.42. The predicted molar refractivity (Wildman–Crippen MR) is 172 cm³/mol. The molecule has 4 heterocycles. The number of rotatable bonds is 6. The van der Waals surface area contributed by atoms with Crippen molar-refractivity contribution in [2.75, 3.05) is 26.9 Å². The number of carbonyl (C=O) groups is 4. The highest BCUT2D eigenvalue weighted by molar-refractivity contribution is 9.11. The Kier molecular flexibility index (Phi) is 10.1. The second-order valence-electron chi connectivity index (χ2n) is 13.3. The second kappa shape index (κ2) is 13.6. The highest BCUT2D eigenvalue weighted by atomic mass is 79.9. The third kappa shape index (κ3) is 6.05. The summed E-state index contributed by atoms with van der Waals surface area (Å²) in [6.45, 7) is 7.50. The zero-order chi connectivity index (χ0) is 33.4. The normalized spacial score (nSPS) is 33.4. The first-order chi connectivity index (χ1) is 21.9. The van der Waals surface area contributed by atoms with Crippen LogP contribution >= 0.6 is 15.9 Å². The van der Waals surface area contributed by atoms with Crippen molar-refractivity contribution >= 4 is 39.6 Å². The summed E-state index contributed by atoms with van der Waals surface area (Å²) in [5.74, 6) is -3.89. The van der Waals surface area contributed by atoms with Crippen molar-refractivity contribution in [1.29, 1.82) is 0 Å². The van der Waals surface area contributed by atoms with Gasteiger partial charge in [-0.05, 0) is 45.3 Å². The summed E-state index contributed by atoms with van der Waals surface area (Å²) in [4.78, 5) is 59.9. The van der Waals surface area contributed by atoms with Gasteiger partial charge in [0.05, 0.1) is 31.2 Å². The Bertz CT molecular complexity index is 1390. The number of fused-ring (bicyclic) bond motifs is 2. The van der Waals surface area contributed by atoms with E-state index in [2.05, 4.69) is 21.2 Å². The molecule has 1 aromatic rings. The third-order valence-corrected chi connectivity index (χ3v) is 10.1. The van der Waals surface area contributed by atoms with E-state index in [9.17, 15) is 24.3 Å². The number of nitrogens with zero attached hydrogens (tertiary/aromatic N) is 2. The fraction of sp³-hybridized carbons (Fsp3) is 0.588. The van der Waals surface area contributed by atoms with Gasteiger partial charge in [-0.15, -0.1) is 0 Å². The van der Waals surface area contributed by atoms with Crippen molar-refractivity contribution in [3.8, 4) is 0 Å².